The molecule has 2 amide bonds. The number of anilines is 1. The molecule has 3 rings (SSSR count). The van der Waals surface area contributed by atoms with Crippen molar-refractivity contribution < 1.29 is 18.0 Å². The second kappa shape index (κ2) is 13.1. The number of aryl methyl sites for hydroxylation is 1. The number of nitrogens with one attached hydrogen (secondary N) is 1. The lowest BCUT2D eigenvalue weighted by Gasteiger charge is -2.35. The van der Waals surface area contributed by atoms with Crippen molar-refractivity contribution in [1.29, 1.82) is 0 Å². The van der Waals surface area contributed by atoms with Gasteiger partial charge >= 0.3 is 0 Å². The zero-order valence-electron chi connectivity index (χ0n) is 23.3. The van der Waals surface area contributed by atoms with Crippen molar-refractivity contribution in [3.05, 3.63) is 99.5 Å². The Kier molecular flexibility index (Phi) is 10.3. The lowest BCUT2D eigenvalue weighted by Crippen LogP contribution is -2.56. The van der Waals surface area contributed by atoms with Crippen LogP contribution in [0.5, 0.6) is 0 Å². The van der Waals surface area contributed by atoms with E-state index in [9.17, 15) is 18.0 Å². The number of halogens is 2. The summed E-state index contributed by atoms with van der Waals surface area (Å²) >= 11 is 12.5. The highest BCUT2D eigenvalue weighted by Gasteiger charge is 2.34. The summed E-state index contributed by atoms with van der Waals surface area (Å²) in [5, 5.41) is 3.17. The Hall–Kier alpha value is -3.07. The van der Waals surface area contributed by atoms with Crippen molar-refractivity contribution in [2.75, 3.05) is 17.1 Å². The van der Waals surface area contributed by atoms with Crippen LogP contribution in [0.3, 0.4) is 0 Å². The smallest absolute Gasteiger partial charge is 0.244 e. The molecule has 40 heavy (non-hydrogen) atoms. The fraction of sp³-hybridized carbons (Fsp3) is 0.333. The van der Waals surface area contributed by atoms with Gasteiger partial charge in [-0.3, -0.25) is 13.9 Å². The molecule has 0 aliphatic carbocycles. The lowest BCUT2D eigenvalue weighted by molar-refractivity contribution is -0.140. The van der Waals surface area contributed by atoms with Crippen LogP contribution in [0.1, 0.15) is 37.5 Å². The minimum absolute atomic E-state index is 0.0129. The minimum atomic E-state index is -3.96. The average Bonchev–Trinajstić information content (AvgIpc) is 2.85. The zero-order valence-corrected chi connectivity index (χ0v) is 25.6. The molecule has 3 aromatic carbocycles. The molecule has 0 radical (unpaired) electrons. The maximum absolute atomic E-state index is 14.1. The Balaban J connectivity index is 2.10. The Morgan fingerprint density at radius 2 is 1.55 bits per heavy atom. The van der Waals surface area contributed by atoms with Crippen LogP contribution in [0.15, 0.2) is 72.8 Å². The molecular weight excluding hydrogens is 569 g/mol. The van der Waals surface area contributed by atoms with E-state index in [0.717, 1.165) is 27.3 Å². The monoisotopic (exact) mass is 603 g/mol. The van der Waals surface area contributed by atoms with E-state index in [4.69, 9.17) is 23.2 Å². The Morgan fingerprint density at radius 1 is 0.925 bits per heavy atom. The van der Waals surface area contributed by atoms with Crippen molar-refractivity contribution in [3.8, 4) is 0 Å². The van der Waals surface area contributed by atoms with Gasteiger partial charge in [0.1, 0.15) is 12.6 Å². The van der Waals surface area contributed by atoms with Crippen LogP contribution in [0.2, 0.25) is 10.0 Å². The highest BCUT2D eigenvalue weighted by atomic mass is 35.5. The summed E-state index contributed by atoms with van der Waals surface area (Å²) in [6.45, 7) is 7.06. The van der Waals surface area contributed by atoms with Gasteiger partial charge in [0.25, 0.3) is 0 Å². The molecule has 0 aromatic heterocycles. The van der Waals surface area contributed by atoms with E-state index in [1.54, 1.807) is 6.07 Å². The third-order valence-electron chi connectivity index (χ3n) is 6.08. The molecule has 3 aromatic rings. The van der Waals surface area contributed by atoms with E-state index in [1.807, 2.05) is 82.3 Å². The van der Waals surface area contributed by atoms with Gasteiger partial charge in [0.05, 0.1) is 22.0 Å². The summed E-state index contributed by atoms with van der Waals surface area (Å²) in [6, 6.07) is 20.7. The summed E-state index contributed by atoms with van der Waals surface area (Å²) in [5.41, 5.74) is 2.18. The second-order valence-corrected chi connectivity index (χ2v) is 13.5. The van der Waals surface area contributed by atoms with Crippen molar-refractivity contribution in [1.82, 2.24) is 10.2 Å². The van der Waals surface area contributed by atoms with Gasteiger partial charge in [0, 0.05) is 18.5 Å². The van der Waals surface area contributed by atoms with Gasteiger partial charge in [-0.2, -0.15) is 0 Å². The molecule has 0 aliphatic heterocycles. The third kappa shape index (κ3) is 8.71. The quantitative estimate of drug-likeness (QED) is 0.326. The predicted molar refractivity (Wildman–Crippen MR) is 162 cm³/mol. The first kappa shape index (κ1) is 31.5. The van der Waals surface area contributed by atoms with Crippen LogP contribution in [0.25, 0.3) is 0 Å². The molecule has 0 saturated heterocycles. The van der Waals surface area contributed by atoms with Crippen molar-refractivity contribution >= 4 is 50.7 Å². The molecule has 1 atom stereocenters. The van der Waals surface area contributed by atoms with Crippen LogP contribution >= 0.6 is 23.2 Å². The topological polar surface area (TPSA) is 86.8 Å². The maximum atomic E-state index is 14.1. The summed E-state index contributed by atoms with van der Waals surface area (Å²) in [4.78, 5) is 29.3. The highest BCUT2D eigenvalue weighted by Crippen LogP contribution is 2.34. The standard InChI is InChI=1S/C30H35Cl2N3O4S/c1-21-11-9-14-23(17-21)19-34(26(29(37)33-30(2,3)4)18-22-12-7-6-8-13-22)27(36)20-35(40(5,38)39)25-16-10-15-24(31)28(25)32/h6-17,26H,18-20H2,1-5H3,(H,33,37). The number of rotatable bonds is 10. The minimum Gasteiger partial charge on any atom is -0.350 e. The first-order valence-electron chi connectivity index (χ1n) is 12.8. The molecule has 0 aliphatic rings. The summed E-state index contributed by atoms with van der Waals surface area (Å²) < 4.78 is 26.8. The van der Waals surface area contributed by atoms with Gasteiger partial charge in [-0.1, -0.05) is 89.4 Å². The van der Waals surface area contributed by atoms with Crippen LogP contribution in [-0.2, 0) is 32.6 Å². The first-order chi connectivity index (χ1) is 18.7. The van der Waals surface area contributed by atoms with Crippen LogP contribution in [0.4, 0.5) is 5.69 Å². The van der Waals surface area contributed by atoms with Crippen LogP contribution < -0.4 is 9.62 Å². The molecule has 1 unspecified atom stereocenters. The Labute approximate surface area is 247 Å². The second-order valence-electron chi connectivity index (χ2n) is 10.8. The van der Waals surface area contributed by atoms with E-state index >= 15 is 0 Å². The summed E-state index contributed by atoms with van der Waals surface area (Å²) in [7, 11) is -3.96. The Bertz CT molecular complexity index is 1460. The molecule has 7 nitrogen and oxygen atoms in total. The number of carbonyl (C=O) groups excluding carboxylic acids is 2. The van der Waals surface area contributed by atoms with Gasteiger partial charge in [0.2, 0.25) is 21.8 Å². The zero-order chi connectivity index (χ0) is 29.7. The number of carbonyl (C=O) groups is 2. The average molecular weight is 605 g/mol. The van der Waals surface area contributed by atoms with Crippen molar-refractivity contribution in [3.63, 3.8) is 0 Å². The molecule has 0 bridgehead atoms. The number of amides is 2. The summed E-state index contributed by atoms with van der Waals surface area (Å²) in [6.07, 6.45) is 1.23. The fourth-order valence-corrected chi connectivity index (χ4v) is 5.60. The number of sulfonamides is 1. The van der Waals surface area contributed by atoms with Gasteiger partial charge in [-0.15, -0.1) is 0 Å². The normalized spacial score (nSPS) is 12.5. The number of nitrogens with zero attached hydrogens (tertiary/aromatic N) is 2. The molecule has 0 fully saturated rings. The van der Waals surface area contributed by atoms with E-state index in [1.165, 1.54) is 17.0 Å². The molecule has 0 heterocycles. The SMILES string of the molecule is Cc1cccc(CN(C(=O)CN(c2cccc(Cl)c2Cl)S(C)(=O)=O)C(Cc2ccccc2)C(=O)NC(C)(C)C)c1. The Morgan fingerprint density at radius 3 is 2.15 bits per heavy atom. The van der Waals surface area contributed by atoms with E-state index in [2.05, 4.69) is 5.32 Å². The third-order valence-corrected chi connectivity index (χ3v) is 8.02. The number of benzene rings is 3. The molecule has 214 valence electrons. The fourth-order valence-electron chi connectivity index (χ4n) is 4.29. The number of hydrogen-bond donors (Lipinski definition) is 1. The van der Waals surface area contributed by atoms with Gasteiger partial charge < -0.3 is 10.2 Å². The van der Waals surface area contributed by atoms with E-state index < -0.39 is 34.1 Å². The van der Waals surface area contributed by atoms with Gasteiger partial charge in [0.15, 0.2) is 0 Å². The molecule has 0 saturated carbocycles. The van der Waals surface area contributed by atoms with E-state index in [0.29, 0.717) is 0 Å². The maximum Gasteiger partial charge on any atom is 0.244 e. The molecule has 1 N–H and O–H groups in total. The summed E-state index contributed by atoms with van der Waals surface area (Å²) in [5.74, 6) is -0.906. The van der Waals surface area contributed by atoms with Gasteiger partial charge in [-0.05, 0) is 51.0 Å². The van der Waals surface area contributed by atoms with Crippen molar-refractivity contribution in [2.45, 2.75) is 52.2 Å². The largest absolute Gasteiger partial charge is 0.350 e. The van der Waals surface area contributed by atoms with Crippen molar-refractivity contribution in [2.24, 2.45) is 0 Å². The van der Waals surface area contributed by atoms with Crippen LogP contribution in [-0.4, -0.2) is 49.5 Å². The van der Waals surface area contributed by atoms with E-state index in [-0.39, 0.29) is 34.6 Å². The lowest BCUT2D eigenvalue weighted by atomic mass is 10.0. The molecule has 0 spiro atoms. The van der Waals surface area contributed by atoms with Crippen LogP contribution in [0, 0.1) is 6.92 Å². The molecular formula is C30H35Cl2N3O4S. The van der Waals surface area contributed by atoms with Gasteiger partial charge in [-0.25, -0.2) is 8.42 Å². The molecule has 10 heteroatoms. The highest BCUT2D eigenvalue weighted by molar-refractivity contribution is 7.92. The first-order valence-corrected chi connectivity index (χ1v) is 15.4. The number of hydrogen-bond acceptors (Lipinski definition) is 4. The predicted octanol–water partition coefficient (Wildman–Crippen LogP) is 5.62.